The molecule has 0 aliphatic carbocycles. The van der Waals surface area contributed by atoms with E-state index >= 15 is 0 Å². The molecule has 0 aliphatic rings. The monoisotopic (exact) mass is 372 g/mol. The van der Waals surface area contributed by atoms with Crippen LogP contribution in [0, 0.1) is 0 Å². The van der Waals surface area contributed by atoms with Crippen LogP contribution >= 0.6 is 0 Å². The van der Waals surface area contributed by atoms with Gasteiger partial charge in [-0.05, 0) is 52.7 Å². The standard InChI is InChI=1S/C21H36N6/c1-16(2)27(17(3)4)15-9-14-24-21(22-5)23-13-8-12-20-25-18-10-6-7-11-19(18)26-20/h6-7,10-11,16-17H,8-9,12-15H2,1-5H3,(H,25,26)(H2,22,23,24). The zero-order valence-electron chi connectivity index (χ0n) is 17.5. The number of benzene rings is 1. The van der Waals surface area contributed by atoms with Crippen molar-refractivity contribution in [3.63, 3.8) is 0 Å². The first-order valence-electron chi connectivity index (χ1n) is 10.1. The van der Waals surface area contributed by atoms with Gasteiger partial charge >= 0.3 is 0 Å². The van der Waals surface area contributed by atoms with E-state index in [0.717, 1.165) is 61.7 Å². The van der Waals surface area contributed by atoms with E-state index in [1.807, 2.05) is 25.2 Å². The van der Waals surface area contributed by atoms with Crippen LogP contribution in [0.5, 0.6) is 0 Å². The summed E-state index contributed by atoms with van der Waals surface area (Å²) in [4.78, 5) is 14.8. The molecule has 0 radical (unpaired) electrons. The predicted molar refractivity (Wildman–Crippen MR) is 115 cm³/mol. The summed E-state index contributed by atoms with van der Waals surface area (Å²) in [5.74, 6) is 1.92. The maximum Gasteiger partial charge on any atom is 0.190 e. The first kappa shape index (κ1) is 21.2. The number of aromatic amines is 1. The lowest BCUT2D eigenvalue weighted by Gasteiger charge is -2.30. The summed E-state index contributed by atoms with van der Waals surface area (Å²) in [7, 11) is 1.82. The van der Waals surface area contributed by atoms with Gasteiger partial charge in [-0.2, -0.15) is 0 Å². The van der Waals surface area contributed by atoms with E-state index in [0.29, 0.717) is 12.1 Å². The van der Waals surface area contributed by atoms with Crippen LogP contribution in [0.4, 0.5) is 0 Å². The lowest BCUT2D eigenvalue weighted by Crippen LogP contribution is -2.41. The molecule has 0 saturated heterocycles. The van der Waals surface area contributed by atoms with Gasteiger partial charge in [0, 0.05) is 45.2 Å². The number of hydrogen-bond acceptors (Lipinski definition) is 3. The van der Waals surface area contributed by atoms with Crippen LogP contribution in [0.25, 0.3) is 11.0 Å². The van der Waals surface area contributed by atoms with Crippen molar-refractivity contribution in [3.05, 3.63) is 30.1 Å². The molecule has 6 nitrogen and oxygen atoms in total. The number of H-pyrrole nitrogens is 1. The minimum atomic E-state index is 0.584. The highest BCUT2D eigenvalue weighted by molar-refractivity contribution is 5.79. The molecule has 0 bridgehead atoms. The molecule has 27 heavy (non-hydrogen) atoms. The van der Waals surface area contributed by atoms with Crippen molar-refractivity contribution < 1.29 is 0 Å². The lowest BCUT2D eigenvalue weighted by molar-refractivity contribution is 0.173. The molecule has 0 saturated carbocycles. The van der Waals surface area contributed by atoms with Crippen LogP contribution in [0.2, 0.25) is 0 Å². The maximum absolute atomic E-state index is 4.62. The number of nitrogens with one attached hydrogen (secondary N) is 3. The minimum Gasteiger partial charge on any atom is -0.356 e. The third-order valence-corrected chi connectivity index (χ3v) is 4.76. The predicted octanol–water partition coefficient (Wildman–Crippen LogP) is 3.17. The van der Waals surface area contributed by atoms with Crippen molar-refractivity contribution >= 4 is 17.0 Å². The largest absolute Gasteiger partial charge is 0.356 e. The summed E-state index contributed by atoms with van der Waals surface area (Å²) in [5, 5.41) is 6.80. The molecule has 0 unspecified atom stereocenters. The summed E-state index contributed by atoms with van der Waals surface area (Å²) >= 11 is 0. The molecule has 2 aromatic rings. The SMILES string of the molecule is CN=C(NCCCc1nc2ccccc2[nH]1)NCCCN(C(C)C)C(C)C. The Bertz CT molecular complexity index is 663. The normalized spacial score (nSPS) is 12.5. The smallest absolute Gasteiger partial charge is 0.190 e. The van der Waals surface area contributed by atoms with E-state index < -0.39 is 0 Å². The quantitative estimate of drug-likeness (QED) is 0.340. The molecule has 150 valence electrons. The molecule has 3 N–H and O–H groups in total. The Hall–Kier alpha value is -2.08. The van der Waals surface area contributed by atoms with Gasteiger partial charge in [-0.3, -0.25) is 9.89 Å². The van der Waals surface area contributed by atoms with E-state index in [2.05, 4.69) is 64.3 Å². The molecule has 2 rings (SSSR count). The number of para-hydroxylation sites is 2. The number of rotatable bonds is 10. The number of aryl methyl sites for hydroxylation is 1. The zero-order valence-corrected chi connectivity index (χ0v) is 17.5. The summed E-state index contributed by atoms with van der Waals surface area (Å²) < 4.78 is 0. The Morgan fingerprint density at radius 3 is 2.37 bits per heavy atom. The van der Waals surface area contributed by atoms with Gasteiger partial charge in [-0.15, -0.1) is 0 Å². The number of nitrogens with zero attached hydrogens (tertiary/aromatic N) is 3. The van der Waals surface area contributed by atoms with Crippen LogP contribution in [-0.2, 0) is 6.42 Å². The van der Waals surface area contributed by atoms with Crippen LogP contribution in [0.3, 0.4) is 0 Å². The number of aliphatic imine (C=N–C) groups is 1. The summed E-state index contributed by atoms with van der Waals surface area (Å²) in [6, 6.07) is 9.32. The molecule has 1 heterocycles. The molecule has 6 heteroatoms. The Labute approximate surface area is 163 Å². The molecular formula is C21H36N6. The van der Waals surface area contributed by atoms with E-state index in [1.54, 1.807) is 0 Å². The Kier molecular flexibility index (Phi) is 8.58. The number of aromatic nitrogens is 2. The molecule has 0 atom stereocenters. The molecule has 0 spiro atoms. The highest BCUT2D eigenvalue weighted by Gasteiger charge is 2.12. The fourth-order valence-corrected chi connectivity index (χ4v) is 3.39. The lowest BCUT2D eigenvalue weighted by atomic mass is 10.2. The van der Waals surface area contributed by atoms with Crippen LogP contribution in [0.15, 0.2) is 29.3 Å². The van der Waals surface area contributed by atoms with Crippen molar-refractivity contribution in [1.82, 2.24) is 25.5 Å². The minimum absolute atomic E-state index is 0.584. The highest BCUT2D eigenvalue weighted by atomic mass is 15.2. The van der Waals surface area contributed by atoms with E-state index in [1.165, 1.54) is 0 Å². The van der Waals surface area contributed by atoms with Gasteiger partial charge < -0.3 is 15.6 Å². The van der Waals surface area contributed by atoms with E-state index in [9.17, 15) is 0 Å². The number of guanidine groups is 1. The third kappa shape index (κ3) is 6.86. The first-order chi connectivity index (χ1) is 13.0. The maximum atomic E-state index is 4.62. The Morgan fingerprint density at radius 2 is 1.74 bits per heavy atom. The van der Waals surface area contributed by atoms with Crippen molar-refractivity contribution in [2.75, 3.05) is 26.7 Å². The second-order valence-corrected chi connectivity index (χ2v) is 7.51. The number of hydrogen-bond donors (Lipinski definition) is 3. The number of imidazole rings is 1. The van der Waals surface area contributed by atoms with Crippen LogP contribution in [0.1, 0.15) is 46.4 Å². The van der Waals surface area contributed by atoms with Gasteiger partial charge in [-0.1, -0.05) is 12.1 Å². The molecule has 1 aromatic heterocycles. The van der Waals surface area contributed by atoms with Crippen LogP contribution in [-0.4, -0.2) is 59.6 Å². The van der Waals surface area contributed by atoms with Crippen molar-refractivity contribution in [2.45, 2.75) is 59.0 Å². The van der Waals surface area contributed by atoms with Crippen molar-refractivity contribution in [2.24, 2.45) is 4.99 Å². The van der Waals surface area contributed by atoms with Crippen molar-refractivity contribution in [1.29, 1.82) is 0 Å². The van der Waals surface area contributed by atoms with Gasteiger partial charge in [0.2, 0.25) is 0 Å². The van der Waals surface area contributed by atoms with Gasteiger partial charge in [0.15, 0.2) is 5.96 Å². The molecule has 0 fully saturated rings. The van der Waals surface area contributed by atoms with Gasteiger partial charge in [0.1, 0.15) is 5.82 Å². The Morgan fingerprint density at radius 1 is 1.07 bits per heavy atom. The Balaban J connectivity index is 1.64. The summed E-state index contributed by atoms with van der Waals surface area (Å²) in [6.45, 7) is 11.9. The van der Waals surface area contributed by atoms with Crippen LogP contribution < -0.4 is 10.6 Å². The van der Waals surface area contributed by atoms with E-state index in [-0.39, 0.29) is 0 Å². The van der Waals surface area contributed by atoms with Crippen molar-refractivity contribution in [3.8, 4) is 0 Å². The molecular weight excluding hydrogens is 336 g/mol. The fourth-order valence-electron chi connectivity index (χ4n) is 3.39. The second-order valence-electron chi connectivity index (χ2n) is 7.51. The summed E-state index contributed by atoms with van der Waals surface area (Å²) in [5.41, 5.74) is 2.14. The highest BCUT2D eigenvalue weighted by Crippen LogP contribution is 2.11. The van der Waals surface area contributed by atoms with Gasteiger partial charge in [0.05, 0.1) is 11.0 Å². The zero-order chi connectivity index (χ0) is 19.6. The topological polar surface area (TPSA) is 68.3 Å². The fraction of sp³-hybridized carbons (Fsp3) is 0.619. The third-order valence-electron chi connectivity index (χ3n) is 4.76. The van der Waals surface area contributed by atoms with Gasteiger partial charge in [-0.25, -0.2) is 4.98 Å². The first-order valence-corrected chi connectivity index (χ1v) is 10.1. The van der Waals surface area contributed by atoms with E-state index in [4.69, 9.17) is 0 Å². The summed E-state index contributed by atoms with van der Waals surface area (Å²) in [6.07, 6.45) is 3.04. The average molecular weight is 373 g/mol. The number of fused-ring (bicyclic) bond motifs is 1. The molecule has 0 aliphatic heterocycles. The molecule has 1 aromatic carbocycles. The van der Waals surface area contributed by atoms with Gasteiger partial charge in [0.25, 0.3) is 0 Å². The second kappa shape index (κ2) is 10.9. The average Bonchev–Trinajstić information content (AvgIpc) is 3.05. The molecule has 0 amide bonds.